The van der Waals surface area contributed by atoms with Crippen molar-refractivity contribution in [1.82, 2.24) is 9.13 Å². The van der Waals surface area contributed by atoms with E-state index in [1.54, 1.807) is 6.08 Å². The quantitative estimate of drug-likeness (QED) is 0.662. The Morgan fingerprint density at radius 2 is 1.21 bits per heavy atom. The van der Waals surface area contributed by atoms with Crippen molar-refractivity contribution in [3.8, 4) is 0 Å². The van der Waals surface area contributed by atoms with Crippen LogP contribution in [-0.2, 0) is 7.05 Å². The van der Waals surface area contributed by atoms with Gasteiger partial charge in [0.25, 0.3) is 22.2 Å². The van der Waals surface area contributed by atoms with E-state index < -0.39 is 22.2 Å². The maximum atomic E-state index is 12.8. The van der Waals surface area contributed by atoms with Crippen molar-refractivity contribution < 1.29 is 0 Å². The summed E-state index contributed by atoms with van der Waals surface area (Å²) in [6, 6.07) is 2.38. The molecule has 0 radical (unpaired) electrons. The summed E-state index contributed by atoms with van der Waals surface area (Å²) in [5.41, 5.74) is -1.76. The Bertz CT molecular complexity index is 1180. The molecule has 0 bridgehead atoms. The van der Waals surface area contributed by atoms with Crippen LogP contribution >= 0.6 is 0 Å². The number of rotatable bonds is 1. The van der Waals surface area contributed by atoms with Gasteiger partial charge in [0.15, 0.2) is 0 Å². The minimum Gasteiger partial charge on any atom is -0.277 e. The zero-order valence-corrected chi connectivity index (χ0v) is 13.1. The van der Waals surface area contributed by atoms with Gasteiger partial charge in [-0.15, -0.1) is 0 Å². The number of hydrogen-bond donors (Lipinski definition) is 0. The number of benzene rings is 1. The Hall–Kier alpha value is -3.02. The Kier molecular flexibility index (Phi) is 2.87. The van der Waals surface area contributed by atoms with E-state index >= 15 is 0 Å². The summed E-state index contributed by atoms with van der Waals surface area (Å²) in [6.07, 6.45) is 7.41. The van der Waals surface area contributed by atoms with Gasteiger partial charge in [-0.25, -0.2) is 0 Å². The zero-order valence-electron chi connectivity index (χ0n) is 13.1. The maximum Gasteiger partial charge on any atom is 0.262 e. The van der Waals surface area contributed by atoms with Gasteiger partial charge < -0.3 is 0 Å². The second kappa shape index (κ2) is 4.74. The maximum absolute atomic E-state index is 12.8. The fourth-order valence-electron chi connectivity index (χ4n) is 3.41. The highest BCUT2D eigenvalue weighted by Gasteiger charge is 2.24. The van der Waals surface area contributed by atoms with Crippen LogP contribution in [0.4, 0.5) is 0 Å². The highest BCUT2D eigenvalue weighted by atomic mass is 16.2. The lowest BCUT2D eigenvalue weighted by Gasteiger charge is -2.20. The predicted molar refractivity (Wildman–Crippen MR) is 92.3 cm³/mol. The summed E-state index contributed by atoms with van der Waals surface area (Å²) >= 11 is 0. The molecule has 0 aliphatic heterocycles. The van der Waals surface area contributed by atoms with Gasteiger partial charge in [-0.05, 0) is 18.1 Å². The molecule has 1 aliphatic carbocycles. The van der Waals surface area contributed by atoms with Gasteiger partial charge in [0, 0.05) is 7.05 Å². The molecule has 2 heterocycles. The summed E-state index contributed by atoms with van der Waals surface area (Å²) < 4.78 is 2.20. The molecule has 0 fully saturated rings. The minimum absolute atomic E-state index is 0.00143. The molecule has 1 aromatic carbocycles. The first kappa shape index (κ1) is 14.6. The van der Waals surface area contributed by atoms with E-state index in [0.717, 1.165) is 4.57 Å². The predicted octanol–water partition coefficient (Wildman–Crippen LogP) is 0.753. The van der Waals surface area contributed by atoms with Crippen LogP contribution in [0.2, 0.25) is 0 Å². The van der Waals surface area contributed by atoms with Crippen LogP contribution in [-0.4, -0.2) is 9.13 Å². The van der Waals surface area contributed by atoms with Crippen molar-refractivity contribution >= 4 is 21.5 Å². The summed E-state index contributed by atoms with van der Waals surface area (Å²) in [5.74, 6) is -0.00143. The molecule has 0 amide bonds. The van der Waals surface area contributed by atoms with E-state index in [4.69, 9.17) is 0 Å². The molecule has 2 atom stereocenters. The summed E-state index contributed by atoms with van der Waals surface area (Å²) in [5, 5.41) is 0.725. The SMILES string of the molecule is CC1C=CC=CC1n1c(=O)c2cc3c(=O)n(C)c(=O)c3cc2c1=O. The van der Waals surface area contributed by atoms with E-state index in [9.17, 15) is 19.2 Å². The van der Waals surface area contributed by atoms with Crippen LogP contribution in [0, 0.1) is 5.92 Å². The Balaban J connectivity index is 2.13. The van der Waals surface area contributed by atoms with E-state index in [0.29, 0.717) is 0 Å². The third-order valence-corrected chi connectivity index (χ3v) is 4.80. The van der Waals surface area contributed by atoms with Gasteiger partial charge in [-0.3, -0.25) is 28.3 Å². The number of allylic oxidation sites excluding steroid dienone is 4. The Morgan fingerprint density at radius 1 is 0.750 bits per heavy atom. The largest absolute Gasteiger partial charge is 0.277 e. The summed E-state index contributed by atoms with van der Waals surface area (Å²) in [4.78, 5) is 49.7. The summed E-state index contributed by atoms with van der Waals surface area (Å²) in [6.45, 7) is 1.93. The van der Waals surface area contributed by atoms with Crippen molar-refractivity contribution in [2.45, 2.75) is 13.0 Å². The van der Waals surface area contributed by atoms with Crippen LogP contribution in [0.3, 0.4) is 0 Å². The van der Waals surface area contributed by atoms with Crippen LogP contribution < -0.4 is 22.2 Å². The van der Waals surface area contributed by atoms with Gasteiger partial charge in [-0.1, -0.05) is 31.2 Å². The molecule has 1 aliphatic rings. The fraction of sp³-hybridized carbons (Fsp3) is 0.222. The zero-order chi connectivity index (χ0) is 17.2. The lowest BCUT2D eigenvalue weighted by Crippen LogP contribution is -2.32. The molecular weight excluding hydrogens is 308 g/mol. The molecule has 3 aromatic rings. The van der Waals surface area contributed by atoms with Gasteiger partial charge in [0.2, 0.25) is 0 Å². The Morgan fingerprint density at radius 3 is 1.71 bits per heavy atom. The van der Waals surface area contributed by atoms with Gasteiger partial charge in [0.1, 0.15) is 0 Å². The number of nitrogens with zero attached hydrogens (tertiary/aromatic N) is 2. The standard InChI is InChI=1S/C18H14N2O4/c1-9-5-3-4-6-14(9)20-17(23)12-7-10-11(8-13(12)18(20)24)16(22)19(2)15(10)21/h3-9,14H,1-2H3. The molecular formula is C18H14N2O4. The molecule has 120 valence electrons. The average Bonchev–Trinajstić information content (AvgIpc) is 2.94. The summed E-state index contributed by atoms with van der Waals surface area (Å²) in [7, 11) is 1.38. The van der Waals surface area contributed by atoms with Gasteiger partial charge in [-0.2, -0.15) is 0 Å². The highest BCUT2D eigenvalue weighted by molar-refractivity contribution is 5.97. The average molecular weight is 322 g/mol. The molecule has 6 heteroatoms. The van der Waals surface area contributed by atoms with Crippen molar-refractivity contribution in [2.24, 2.45) is 13.0 Å². The van der Waals surface area contributed by atoms with Crippen LogP contribution in [0.1, 0.15) is 13.0 Å². The van der Waals surface area contributed by atoms with Crippen molar-refractivity contribution in [1.29, 1.82) is 0 Å². The molecule has 0 spiro atoms. The lowest BCUT2D eigenvalue weighted by atomic mass is 9.97. The number of aromatic nitrogens is 2. The van der Waals surface area contributed by atoms with E-state index in [1.807, 2.05) is 25.2 Å². The Labute approximate surface area is 135 Å². The molecule has 0 saturated heterocycles. The van der Waals surface area contributed by atoms with Crippen LogP contribution in [0.5, 0.6) is 0 Å². The monoisotopic (exact) mass is 322 g/mol. The van der Waals surface area contributed by atoms with E-state index in [2.05, 4.69) is 0 Å². The minimum atomic E-state index is -0.453. The number of hydrogen-bond acceptors (Lipinski definition) is 4. The topological polar surface area (TPSA) is 78.1 Å². The number of fused-ring (bicyclic) bond motifs is 2. The normalized spacial score (nSPS) is 20.4. The molecule has 2 unspecified atom stereocenters. The van der Waals surface area contributed by atoms with Crippen LogP contribution in [0.25, 0.3) is 21.5 Å². The lowest BCUT2D eigenvalue weighted by molar-refractivity contribution is 0.469. The van der Waals surface area contributed by atoms with Gasteiger partial charge in [0.05, 0.1) is 27.6 Å². The molecule has 24 heavy (non-hydrogen) atoms. The first-order valence-electron chi connectivity index (χ1n) is 7.65. The second-order valence-electron chi connectivity index (χ2n) is 6.21. The first-order chi connectivity index (χ1) is 11.4. The smallest absolute Gasteiger partial charge is 0.262 e. The van der Waals surface area contributed by atoms with E-state index in [1.165, 1.54) is 23.7 Å². The molecule has 6 nitrogen and oxygen atoms in total. The molecule has 4 rings (SSSR count). The van der Waals surface area contributed by atoms with Crippen molar-refractivity contribution in [2.75, 3.05) is 0 Å². The molecule has 0 N–H and O–H groups in total. The highest BCUT2D eigenvalue weighted by Crippen LogP contribution is 2.23. The van der Waals surface area contributed by atoms with Crippen molar-refractivity contribution in [3.63, 3.8) is 0 Å². The van der Waals surface area contributed by atoms with E-state index in [-0.39, 0.29) is 33.5 Å². The fourth-order valence-corrected chi connectivity index (χ4v) is 3.41. The third kappa shape index (κ3) is 1.71. The first-order valence-corrected chi connectivity index (χ1v) is 7.65. The van der Waals surface area contributed by atoms with Gasteiger partial charge >= 0.3 is 0 Å². The molecule has 2 aromatic heterocycles. The van der Waals surface area contributed by atoms with Crippen LogP contribution in [0.15, 0.2) is 55.6 Å². The van der Waals surface area contributed by atoms with Crippen molar-refractivity contribution in [3.05, 3.63) is 77.9 Å². The second-order valence-corrected chi connectivity index (χ2v) is 6.21. The molecule has 0 saturated carbocycles. The third-order valence-electron chi connectivity index (χ3n) is 4.80.